The smallest absolute Gasteiger partial charge is 0.243 e. The standard InChI is InChI=1S/C19H37N5O2.HI/c1-5-23-10-7-8-17(23)12-20-19(21-13-18(25)22(3)4)24-11-9-16(14-24)15-26-6-2;/h16-17H,5-15H2,1-4H3,(H,20,21);1H. The molecule has 2 aliphatic rings. The molecule has 2 atom stereocenters. The molecule has 0 spiro atoms. The molecule has 0 bridgehead atoms. The van der Waals surface area contributed by atoms with E-state index in [0.29, 0.717) is 12.0 Å². The number of aliphatic imine (C=N–C) groups is 1. The zero-order valence-corrected chi connectivity index (χ0v) is 19.8. The molecule has 0 aromatic rings. The fourth-order valence-electron chi connectivity index (χ4n) is 3.75. The van der Waals surface area contributed by atoms with Gasteiger partial charge in [0.05, 0.1) is 6.61 Å². The predicted octanol–water partition coefficient (Wildman–Crippen LogP) is 1.48. The van der Waals surface area contributed by atoms with Gasteiger partial charge in [-0.05, 0) is 39.3 Å². The highest BCUT2D eigenvalue weighted by atomic mass is 127. The Labute approximate surface area is 181 Å². The minimum atomic E-state index is 0. The second-order valence-corrected chi connectivity index (χ2v) is 7.49. The molecule has 2 rings (SSSR count). The lowest BCUT2D eigenvalue weighted by Crippen LogP contribution is -2.46. The van der Waals surface area contributed by atoms with E-state index in [4.69, 9.17) is 4.74 Å². The summed E-state index contributed by atoms with van der Waals surface area (Å²) < 4.78 is 5.59. The zero-order valence-electron chi connectivity index (χ0n) is 17.4. The maximum atomic E-state index is 12.0. The number of amides is 1. The zero-order chi connectivity index (χ0) is 18.9. The highest BCUT2D eigenvalue weighted by Crippen LogP contribution is 2.18. The van der Waals surface area contributed by atoms with Crippen LogP contribution < -0.4 is 5.32 Å². The van der Waals surface area contributed by atoms with Gasteiger partial charge in [-0.2, -0.15) is 0 Å². The summed E-state index contributed by atoms with van der Waals surface area (Å²) in [6.07, 6.45) is 3.62. The lowest BCUT2D eigenvalue weighted by molar-refractivity contribution is -0.127. The summed E-state index contributed by atoms with van der Waals surface area (Å²) in [5.41, 5.74) is 0. The molecular weight excluding hydrogens is 457 g/mol. The fraction of sp³-hybridized carbons (Fsp3) is 0.895. The van der Waals surface area contributed by atoms with Gasteiger partial charge in [0.1, 0.15) is 6.54 Å². The highest BCUT2D eigenvalue weighted by molar-refractivity contribution is 14.0. The van der Waals surface area contributed by atoms with Crippen LogP contribution in [0.15, 0.2) is 4.99 Å². The monoisotopic (exact) mass is 495 g/mol. The van der Waals surface area contributed by atoms with Gasteiger partial charge in [0.15, 0.2) is 5.96 Å². The third-order valence-corrected chi connectivity index (χ3v) is 5.41. The Morgan fingerprint density at radius 1 is 1.26 bits per heavy atom. The van der Waals surface area contributed by atoms with Crippen molar-refractivity contribution in [3.63, 3.8) is 0 Å². The average Bonchev–Trinajstić information content (AvgIpc) is 3.28. The van der Waals surface area contributed by atoms with E-state index >= 15 is 0 Å². The maximum absolute atomic E-state index is 12.0. The topological polar surface area (TPSA) is 60.4 Å². The molecule has 27 heavy (non-hydrogen) atoms. The van der Waals surface area contributed by atoms with Crippen LogP contribution in [0.5, 0.6) is 0 Å². The van der Waals surface area contributed by atoms with Crippen molar-refractivity contribution < 1.29 is 9.53 Å². The summed E-state index contributed by atoms with van der Waals surface area (Å²) in [5.74, 6) is 1.46. The molecule has 2 fully saturated rings. The summed E-state index contributed by atoms with van der Waals surface area (Å²) in [7, 11) is 3.55. The Morgan fingerprint density at radius 3 is 2.70 bits per heavy atom. The molecule has 0 radical (unpaired) electrons. The van der Waals surface area contributed by atoms with Crippen LogP contribution in [-0.2, 0) is 9.53 Å². The van der Waals surface area contributed by atoms with E-state index in [1.807, 2.05) is 6.92 Å². The molecule has 0 aliphatic carbocycles. The summed E-state index contributed by atoms with van der Waals surface area (Å²) in [5, 5.41) is 3.56. The van der Waals surface area contributed by atoms with Crippen LogP contribution >= 0.6 is 24.0 Å². The van der Waals surface area contributed by atoms with Crippen molar-refractivity contribution in [1.82, 2.24) is 20.0 Å². The maximum Gasteiger partial charge on any atom is 0.243 e. The van der Waals surface area contributed by atoms with E-state index in [-0.39, 0.29) is 36.4 Å². The first-order chi connectivity index (χ1) is 12.5. The first kappa shape index (κ1) is 24.4. The molecule has 8 heteroatoms. The molecule has 1 N–H and O–H groups in total. The van der Waals surface area contributed by atoms with E-state index in [0.717, 1.165) is 51.8 Å². The van der Waals surface area contributed by atoms with Crippen molar-refractivity contribution in [2.24, 2.45) is 10.9 Å². The van der Waals surface area contributed by atoms with Crippen molar-refractivity contribution in [3.05, 3.63) is 0 Å². The Kier molecular flexibility index (Phi) is 11.6. The van der Waals surface area contributed by atoms with Crippen molar-refractivity contribution >= 4 is 35.8 Å². The van der Waals surface area contributed by atoms with Gasteiger partial charge in [-0.3, -0.25) is 9.69 Å². The summed E-state index contributed by atoms with van der Waals surface area (Å²) in [6.45, 7) is 11.1. The first-order valence-electron chi connectivity index (χ1n) is 10.1. The van der Waals surface area contributed by atoms with E-state index < -0.39 is 0 Å². The first-order valence-corrected chi connectivity index (χ1v) is 10.1. The van der Waals surface area contributed by atoms with E-state index in [1.165, 1.54) is 19.4 Å². The number of rotatable bonds is 8. The SMILES string of the molecule is CCOCC1CCN(C(=NCC(=O)N(C)C)NCC2CCCN2CC)C1.I. The number of likely N-dealkylation sites (tertiary alicyclic amines) is 2. The molecule has 2 aliphatic heterocycles. The van der Waals surface area contributed by atoms with Crippen LogP contribution in [-0.4, -0.2) is 99.2 Å². The number of carbonyl (C=O) groups is 1. The molecule has 2 heterocycles. The molecule has 2 unspecified atom stereocenters. The van der Waals surface area contributed by atoms with Gasteiger partial charge in [0.2, 0.25) is 5.91 Å². The molecule has 0 saturated carbocycles. The number of guanidine groups is 1. The molecule has 158 valence electrons. The molecule has 7 nitrogen and oxygen atoms in total. The Balaban J connectivity index is 0.00000364. The van der Waals surface area contributed by atoms with Crippen LogP contribution in [0.4, 0.5) is 0 Å². The average molecular weight is 495 g/mol. The largest absolute Gasteiger partial charge is 0.381 e. The van der Waals surface area contributed by atoms with Gasteiger partial charge in [0, 0.05) is 52.3 Å². The summed E-state index contributed by atoms with van der Waals surface area (Å²) in [6, 6.07) is 0.566. The van der Waals surface area contributed by atoms with Crippen LogP contribution in [0.1, 0.15) is 33.1 Å². The molecular formula is C19H38IN5O2. The van der Waals surface area contributed by atoms with Crippen LogP contribution in [0.3, 0.4) is 0 Å². The van der Waals surface area contributed by atoms with E-state index in [1.54, 1.807) is 19.0 Å². The number of hydrogen-bond donors (Lipinski definition) is 1. The van der Waals surface area contributed by atoms with Crippen LogP contribution in [0.25, 0.3) is 0 Å². The number of halogens is 1. The van der Waals surface area contributed by atoms with Crippen molar-refractivity contribution in [3.8, 4) is 0 Å². The van der Waals surface area contributed by atoms with Gasteiger partial charge >= 0.3 is 0 Å². The predicted molar refractivity (Wildman–Crippen MR) is 121 cm³/mol. The minimum absolute atomic E-state index is 0. The third kappa shape index (κ3) is 7.73. The van der Waals surface area contributed by atoms with Gasteiger partial charge < -0.3 is 19.9 Å². The van der Waals surface area contributed by atoms with Gasteiger partial charge in [-0.25, -0.2) is 4.99 Å². The Morgan fingerprint density at radius 2 is 2.04 bits per heavy atom. The number of carbonyl (C=O) groups excluding carboxylic acids is 1. The number of nitrogens with one attached hydrogen (secondary N) is 1. The third-order valence-electron chi connectivity index (χ3n) is 5.41. The second kappa shape index (κ2) is 12.8. The van der Waals surface area contributed by atoms with Crippen molar-refractivity contribution in [2.75, 3.05) is 66.6 Å². The fourth-order valence-corrected chi connectivity index (χ4v) is 3.75. The van der Waals surface area contributed by atoms with Crippen molar-refractivity contribution in [1.29, 1.82) is 0 Å². The highest BCUT2D eigenvalue weighted by Gasteiger charge is 2.27. The van der Waals surface area contributed by atoms with Gasteiger partial charge in [0.25, 0.3) is 0 Å². The Hall–Kier alpha value is -0.610. The molecule has 1 amide bonds. The minimum Gasteiger partial charge on any atom is -0.381 e. The second-order valence-electron chi connectivity index (χ2n) is 7.49. The Bertz CT molecular complexity index is 475. The lowest BCUT2D eigenvalue weighted by Gasteiger charge is -2.27. The molecule has 2 saturated heterocycles. The summed E-state index contributed by atoms with van der Waals surface area (Å²) >= 11 is 0. The quantitative estimate of drug-likeness (QED) is 0.314. The normalized spacial score (nSPS) is 23.4. The van der Waals surface area contributed by atoms with E-state index in [9.17, 15) is 4.79 Å². The number of nitrogens with zero attached hydrogens (tertiary/aromatic N) is 4. The van der Waals surface area contributed by atoms with Crippen LogP contribution in [0.2, 0.25) is 0 Å². The molecule has 0 aromatic heterocycles. The summed E-state index contributed by atoms with van der Waals surface area (Å²) in [4.78, 5) is 23.0. The van der Waals surface area contributed by atoms with E-state index in [2.05, 4.69) is 27.0 Å². The van der Waals surface area contributed by atoms with Gasteiger partial charge in [-0.1, -0.05) is 6.92 Å². The lowest BCUT2D eigenvalue weighted by atomic mass is 10.1. The number of hydrogen-bond acceptors (Lipinski definition) is 4. The number of ether oxygens (including phenoxy) is 1. The van der Waals surface area contributed by atoms with Crippen molar-refractivity contribution in [2.45, 2.75) is 39.2 Å². The number of likely N-dealkylation sites (N-methyl/N-ethyl adjacent to an activating group) is 2. The molecule has 0 aromatic carbocycles. The van der Waals surface area contributed by atoms with Gasteiger partial charge in [-0.15, -0.1) is 24.0 Å². The van der Waals surface area contributed by atoms with Crippen LogP contribution in [0, 0.1) is 5.92 Å².